The second-order valence-corrected chi connectivity index (χ2v) is 13.5. The smallest absolute Gasteiger partial charge is 0.294 e. The van der Waals surface area contributed by atoms with E-state index in [4.69, 9.17) is 4.74 Å². The highest BCUT2D eigenvalue weighted by molar-refractivity contribution is 8.16. The van der Waals surface area contributed by atoms with Crippen LogP contribution < -0.4 is 10.1 Å². The Bertz CT molecular complexity index is 1210. The molecule has 1 N–H and O–H groups in total. The van der Waals surface area contributed by atoms with Gasteiger partial charge in [0, 0.05) is 18.2 Å². The number of thioether (sulfide) groups is 1. The molecular weight excluding hydrogens is 543 g/mol. The molecule has 11 heteroatoms. The molecule has 2 amide bonds. The van der Waals surface area contributed by atoms with Crippen molar-refractivity contribution in [1.29, 1.82) is 0 Å². The Morgan fingerprint density at radius 1 is 1.11 bits per heavy atom. The van der Waals surface area contributed by atoms with E-state index in [0.29, 0.717) is 12.3 Å². The minimum Gasteiger partial charge on any atom is -0.494 e. The van der Waals surface area contributed by atoms with Gasteiger partial charge >= 0.3 is 0 Å². The largest absolute Gasteiger partial charge is 0.494 e. The van der Waals surface area contributed by atoms with Gasteiger partial charge in [0.25, 0.3) is 10.0 Å². The van der Waals surface area contributed by atoms with E-state index in [2.05, 4.69) is 16.6 Å². The maximum absolute atomic E-state index is 13.4. The summed E-state index contributed by atoms with van der Waals surface area (Å²) in [6, 6.07) is 10.2. The molecule has 1 unspecified atom stereocenters. The molecule has 38 heavy (non-hydrogen) atoms. The molecule has 1 aliphatic carbocycles. The molecule has 4 rings (SSSR count). The molecule has 1 saturated heterocycles. The van der Waals surface area contributed by atoms with Crippen molar-refractivity contribution < 1.29 is 22.7 Å². The lowest BCUT2D eigenvalue weighted by molar-refractivity contribution is -0.130. The maximum atomic E-state index is 13.4. The Labute approximate surface area is 233 Å². The van der Waals surface area contributed by atoms with Gasteiger partial charge in [-0.1, -0.05) is 63.3 Å². The van der Waals surface area contributed by atoms with E-state index in [9.17, 15) is 18.0 Å². The van der Waals surface area contributed by atoms with Crippen LogP contribution in [0.5, 0.6) is 5.75 Å². The predicted octanol–water partition coefficient (Wildman–Crippen LogP) is 6.06. The van der Waals surface area contributed by atoms with Crippen LogP contribution in [0.15, 0.2) is 50.4 Å². The van der Waals surface area contributed by atoms with Crippen molar-refractivity contribution in [2.75, 3.05) is 11.9 Å². The van der Waals surface area contributed by atoms with Gasteiger partial charge in [0.05, 0.1) is 6.61 Å². The Balaban J connectivity index is 1.40. The van der Waals surface area contributed by atoms with E-state index in [1.807, 2.05) is 12.1 Å². The van der Waals surface area contributed by atoms with Gasteiger partial charge in [0.2, 0.25) is 11.8 Å². The molecule has 2 fully saturated rings. The van der Waals surface area contributed by atoms with Crippen molar-refractivity contribution >= 4 is 55.8 Å². The van der Waals surface area contributed by atoms with Gasteiger partial charge in [0.15, 0.2) is 5.17 Å². The number of amides is 2. The fourth-order valence-corrected chi connectivity index (χ4v) is 8.02. The molecule has 8 nitrogen and oxygen atoms in total. The zero-order chi connectivity index (χ0) is 27.0. The second kappa shape index (κ2) is 13.6. The zero-order valence-electron chi connectivity index (χ0n) is 21.6. The number of carbonyl (C=O) groups excluding carboxylic acids is 2. The topological polar surface area (TPSA) is 105 Å². The molecule has 0 spiro atoms. The van der Waals surface area contributed by atoms with Crippen LogP contribution in [0.1, 0.15) is 71.1 Å². The first kappa shape index (κ1) is 28.6. The maximum Gasteiger partial charge on any atom is 0.294 e. The number of nitrogens with zero attached hydrogens (tertiary/aromatic N) is 2. The average Bonchev–Trinajstić information content (AvgIpc) is 3.55. The highest BCUT2D eigenvalue weighted by Crippen LogP contribution is 2.36. The quantitative estimate of drug-likeness (QED) is 0.308. The number of anilines is 1. The highest BCUT2D eigenvalue weighted by Gasteiger charge is 2.43. The standard InChI is InChI=1S/C27H35N3O5S3/c1-2-3-4-8-17-35-22-15-13-20(14-16-22)28-24(31)19-23-26(32)30(21-10-6-5-7-11-21)27(37-23)29-38(33,34)25-12-9-18-36-25/h9,12-16,18,21,23H,2-8,10-11,17,19H2,1H3,(H,28,31)/b29-27+. The Morgan fingerprint density at radius 2 is 1.87 bits per heavy atom. The number of amidine groups is 1. The summed E-state index contributed by atoms with van der Waals surface area (Å²) in [7, 11) is -3.93. The summed E-state index contributed by atoms with van der Waals surface area (Å²) < 4.78 is 35.7. The minimum atomic E-state index is -3.93. The summed E-state index contributed by atoms with van der Waals surface area (Å²) in [6.45, 7) is 2.83. The monoisotopic (exact) mass is 577 g/mol. The van der Waals surface area contributed by atoms with Crippen molar-refractivity contribution in [2.24, 2.45) is 4.40 Å². The van der Waals surface area contributed by atoms with Gasteiger partial charge in [-0.15, -0.1) is 15.7 Å². The lowest BCUT2D eigenvalue weighted by Gasteiger charge is -2.30. The molecule has 0 radical (unpaired) electrons. The lowest BCUT2D eigenvalue weighted by Crippen LogP contribution is -2.42. The molecule has 1 aromatic heterocycles. The van der Waals surface area contributed by atoms with E-state index in [1.54, 1.807) is 28.5 Å². The van der Waals surface area contributed by atoms with E-state index in [1.165, 1.54) is 18.9 Å². The number of hydrogen-bond acceptors (Lipinski definition) is 7. The molecule has 206 valence electrons. The molecule has 1 saturated carbocycles. The van der Waals surface area contributed by atoms with Gasteiger partial charge in [-0.3, -0.25) is 14.5 Å². The van der Waals surface area contributed by atoms with Crippen molar-refractivity contribution in [2.45, 2.75) is 86.6 Å². The fourth-order valence-electron chi connectivity index (χ4n) is 4.65. The van der Waals surface area contributed by atoms with Gasteiger partial charge in [0.1, 0.15) is 15.2 Å². The lowest BCUT2D eigenvalue weighted by atomic mass is 9.94. The van der Waals surface area contributed by atoms with Crippen LogP contribution in [0.4, 0.5) is 5.69 Å². The fraction of sp³-hybridized carbons (Fsp3) is 0.519. The van der Waals surface area contributed by atoms with Crippen LogP contribution in [0, 0.1) is 0 Å². The number of carbonyl (C=O) groups is 2. The third-order valence-corrected chi connectivity index (χ3v) is 10.5. The minimum absolute atomic E-state index is 0.0690. The van der Waals surface area contributed by atoms with Crippen molar-refractivity contribution in [1.82, 2.24) is 4.90 Å². The van der Waals surface area contributed by atoms with Crippen molar-refractivity contribution in [3.05, 3.63) is 41.8 Å². The molecular formula is C27H35N3O5S3. The molecule has 2 aromatic rings. The summed E-state index contributed by atoms with van der Waals surface area (Å²) in [5.41, 5.74) is 0.613. The van der Waals surface area contributed by atoms with E-state index in [0.717, 1.165) is 73.8 Å². The summed E-state index contributed by atoms with van der Waals surface area (Å²) in [6.07, 6.45) is 9.13. The summed E-state index contributed by atoms with van der Waals surface area (Å²) in [5, 5.41) is 3.98. The number of unbranched alkanes of at least 4 members (excludes halogenated alkanes) is 3. The third-order valence-electron chi connectivity index (χ3n) is 6.63. The van der Waals surface area contributed by atoms with Gasteiger partial charge in [-0.2, -0.15) is 8.42 Å². The third kappa shape index (κ3) is 7.60. The molecule has 2 aliphatic rings. The first-order valence-corrected chi connectivity index (χ1v) is 16.5. The number of thiophene rings is 1. The van der Waals surface area contributed by atoms with Gasteiger partial charge < -0.3 is 10.1 Å². The predicted molar refractivity (Wildman–Crippen MR) is 153 cm³/mol. The van der Waals surface area contributed by atoms with Crippen LogP contribution >= 0.6 is 23.1 Å². The van der Waals surface area contributed by atoms with E-state index < -0.39 is 15.3 Å². The Kier molecular flexibility index (Phi) is 10.3. The second-order valence-electron chi connectivity index (χ2n) is 9.57. The summed E-state index contributed by atoms with van der Waals surface area (Å²) in [4.78, 5) is 27.8. The number of rotatable bonds is 12. The van der Waals surface area contributed by atoms with Gasteiger partial charge in [-0.05, 0) is 55.0 Å². The number of sulfonamides is 1. The summed E-state index contributed by atoms with van der Waals surface area (Å²) in [5.74, 6) is 0.191. The Hall–Kier alpha value is -2.37. The number of nitrogens with one attached hydrogen (secondary N) is 1. The average molecular weight is 578 g/mol. The number of ether oxygens (including phenoxy) is 1. The van der Waals surface area contributed by atoms with E-state index in [-0.39, 0.29) is 33.7 Å². The van der Waals surface area contributed by atoms with Gasteiger partial charge in [-0.25, -0.2) is 0 Å². The Morgan fingerprint density at radius 3 is 2.55 bits per heavy atom. The first-order chi connectivity index (χ1) is 18.4. The number of benzene rings is 1. The van der Waals surface area contributed by atoms with Crippen LogP contribution in [-0.4, -0.2) is 48.2 Å². The van der Waals surface area contributed by atoms with Crippen LogP contribution in [0.3, 0.4) is 0 Å². The number of hydrogen-bond donors (Lipinski definition) is 1. The highest BCUT2D eigenvalue weighted by atomic mass is 32.2. The molecule has 1 aliphatic heterocycles. The van der Waals surface area contributed by atoms with Crippen LogP contribution in [-0.2, 0) is 19.6 Å². The summed E-state index contributed by atoms with van der Waals surface area (Å²) >= 11 is 2.16. The van der Waals surface area contributed by atoms with E-state index >= 15 is 0 Å². The SMILES string of the molecule is CCCCCCOc1ccc(NC(=O)CC2S/C(=N/S(=O)(=O)c3cccs3)N(C3CCCCC3)C2=O)cc1. The van der Waals surface area contributed by atoms with Crippen molar-refractivity contribution in [3.8, 4) is 5.75 Å². The van der Waals surface area contributed by atoms with Crippen molar-refractivity contribution in [3.63, 3.8) is 0 Å². The zero-order valence-corrected chi connectivity index (χ0v) is 24.1. The first-order valence-electron chi connectivity index (χ1n) is 13.3. The molecule has 0 bridgehead atoms. The molecule has 1 atom stereocenters. The van der Waals surface area contributed by atoms with Crippen LogP contribution in [0.2, 0.25) is 0 Å². The molecule has 2 heterocycles. The molecule has 1 aromatic carbocycles. The van der Waals surface area contributed by atoms with Crippen LogP contribution in [0.25, 0.3) is 0 Å². The normalized spacial score (nSPS) is 19.7.